The summed E-state index contributed by atoms with van der Waals surface area (Å²) in [5.41, 5.74) is 8.16. The third-order valence-corrected chi connectivity index (χ3v) is 4.25. The molecule has 0 spiro atoms. The lowest BCUT2D eigenvalue weighted by Gasteiger charge is -2.26. The molecule has 0 bridgehead atoms. The predicted octanol–water partition coefficient (Wildman–Crippen LogP) is 1.76. The van der Waals surface area contributed by atoms with E-state index in [1.54, 1.807) is 7.11 Å². The summed E-state index contributed by atoms with van der Waals surface area (Å²) in [5, 5.41) is 3.18. The van der Waals surface area contributed by atoms with Crippen LogP contribution in [-0.4, -0.2) is 70.6 Å². The van der Waals surface area contributed by atoms with Crippen molar-refractivity contribution in [1.29, 1.82) is 0 Å². The Balaban J connectivity index is 0.00000364. The Morgan fingerprint density at radius 3 is 2.81 bits per heavy atom. The average Bonchev–Trinajstić information content (AvgIpc) is 2.65. The summed E-state index contributed by atoms with van der Waals surface area (Å²) in [6.45, 7) is 9.19. The predicted molar refractivity (Wildman–Crippen MR) is 119 cm³/mol. The summed E-state index contributed by atoms with van der Waals surface area (Å²) in [4.78, 5) is 6.85. The van der Waals surface area contributed by atoms with E-state index in [9.17, 15) is 0 Å². The number of morpholine rings is 1. The van der Waals surface area contributed by atoms with Gasteiger partial charge in [-0.15, -0.1) is 24.0 Å². The van der Waals surface area contributed by atoms with E-state index in [2.05, 4.69) is 21.3 Å². The Kier molecular flexibility index (Phi) is 12.4. The highest BCUT2D eigenvalue weighted by atomic mass is 127. The molecule has 0 saturated carbocycles. The smallest absolute Gasteiger partial charge is 0.188 e. The zero-order valence-corrected chi connectivity index (χ0v) is 18.7. The lowest BCUT2D eigenvalue weighted by atomic mass is 10.1. The lowest BCUT2D eigenvalue weighted by molar-refractivity contribution is 0.0376. The van der Waals surface area contributed by atoms with Crippen molar-refractivity contribution in [3.8, 4) is 5.75 Å². The van der Waals surface area contributed by atoms with Gasteiger partial charge in [0.15, 0.2) is 5.96 Å². The second-order valence-electron chi connectivity index (χ2n) is 6.39. The van der Waals surface area contributed by atoms with E-state index in [-0.39, 0.29) is 24.0 Å². The Morgan fingerprint density at radius 1 is 1.30 bits per heavy atom. The van der Waals surface area contributed by atoms with Crippen LogP contribution in [-0.2, 0) is 16.0 Å². The van der Waals surface area contributed by atoms with Crippen LogP contribution in [0, 0.1) is 6.92 Å². The molecule has 1 aromatic rings. The van der Waals surface area contributed by atoms with Crippen molar-refractivity contribution >= 4 is 29.9 Å². The summed E-state index contributed by atoms with van der Waals surface area (Å²) < 4.78 is 16.2. The van der Waals surface area contributed by atoms with E-state index in [1.807, 2.05) is 19.1 Å². The first-order chi connectivity index (χ1) is 12.7. The molecule has 0 unspecified atom stereocenters. The Morgan fingerprint density at radius 2 is 2.07 bits per heavy atom. The number of nitrogens with two attached hydrogens (primary N) is 1. The van der Waals surface area contributed by atoms with Crippen LogP contribution in [0.5, 0.6) is 5.75 Å². The SMILES string of the molecule is COCCOc1cc(C)ccc1CN=C(N)NCCCN1CCOCC1.I. The van der Waals surface area contributed by atoms with E-state index >= 15 is 0 Å². The molecule has 27 heavy (non-hydrogen) atoms. The van der Waals surface area contributed by atoms with Crippen LogP contribution < -0.4 is 15.8 Å². The fourth-order valence-corrected chi connectivity index (χ4v) is 2.73. The number of nitrogens with one attached hydrogen (secondary N) is 1. The molecule has 0 aromatic heterocycles. The van der Waals surface area contributed by atoms with Gasteiger partial charge < -0.3 is 25.3 Å². The summed E-state index contributed by atoms with van der Waals surface area (Å²) in [6.07, 6.45) is 1.03. The third kappa shape index (κ3) is 9.59. The molecule has 0 aliphatic carbocycles. The molecule has 3 N–H and O–H groups in total. The topological polar surface area (TPSA) is 81.3 Å². The Labute approximate surface area is 179 Å². The summed E-state index contributed by atoms with van der Waals surface area (Å²) in [5.74, 6) is 1.31. The van der Waals surface area contributed by atoms with E-state index in [0.29, 0.717) is 25.7 Å². The normalized spacial score (nSPS) is 15.3. The minimum atomic E-state index is 0. The summed E-state index contributed by atoms with van der Waals surface area (Å²) in [6, 6.07) is 6.11. The zero-order chi connectivity index (χ0) is 18.6. The van der Waals surface area contributed by atoms with Crippen LogP contribution in [0.1, 0.15) is 17.5 Å². The maximum absolute atomic E-state index is 5.99. The molecule has 1 aliphatic heterocycles. The van der Waals surface area contributed by atoms with Crippen LogP contribution in [0.25, 0.3) is 0 Å². The molecule has 0 amide bonds. The molecular formula is C19H33IN4O3. The number of nitrogens with zero attached hydrogens (tertiary/aromatic N) is 2. The number of methoxy groups -OCH3 is 1. The number of aliphatic imine (C=N–C) groups is 1. The number of hydrogen-bond acceptors (Lipinski definition) is 5. The number of guanidine groups is 1. The minimum Gasteiger partial charge on any atom is -0.491 e. The molecule has 1 heterocycles. The minimum absolute atomic E-state index is 0. The van der Waals surface area contributed by atoms with Gasteiger partial charge in [-0.25, -0.2) is 4.99 Å². The van der Waals surface area contributed by atoms with Crippen molar-refractivity contribution in [3.63, 3.8) is 0 Å². The molecule has 7 nitrogen and oxygen atoms in total. The van der Waals surface area contributed by atoms with Gasteiger partial charge in [-0.1, -0.05) is 12.1 Å². The first-order valence-electron chi connectivity index (χ1n) is 9.24. The first-order valence-corrected chi connectivity index (χ1v) is 9.24. The Hall–Kier alpha value is -1.10. The average molecular weight is 492 g/mol. The fraction of sp³-hybridized carbons (Fsp3) is 0.632. The fourth-order valence-electron chi connectivity index (χ4n) is 2.73. The van der Waals surface area contributed by atoms with Gasteiger partial charge in [0.25, 0.3) is 0 Å². The van der Waals surface area contributed by atoms with Crippen LogP contribution in [0.3, 0.4) is 0 Å². The van der Waals surface area contributed by atoms with Crippen LogP contribution in [0.2, 0.25) is 0 Å². The number of ether oxygens (including phenoxy) is 3. The highest BCUT2D eigenvalue weighted by Crippen LogP contribution is 2.21. The highest BCUT2D eigenvalue weighted by Gasteiger charge is 2.09. The van der Waals surface area contributed by atoms with Gasteiger partial charge in [0.05, 0.1) is 26.4 Å². The van der Waals surface area contributed by atoms with Gasteiger partial charge in [0.1, 0.15) is 12.4 Å². The van der Waals surface area contributed by atoms with Crippen LogP contribution in [0.4, 0.5) is 0 Å². The molecular weight excluding hydrogens is 459 g/mol. The van der Waals surface area contributed by atoms with Crippen molar-refractivity contribution in [3.05, 3.63) is 29.3 Å². The van der Waals surface area contributed by atoms with Crippen molar-refractivity contribution in [1.82, 2.24) is 10.2 Å². The standard InChI is InChI=1S/C19H32N4O3.HI/c1-16-4-5-17(18(14-16)26-13-12-24-2)15-22-19(20)21-6-3-7-23-8-10-25-11-9-23;/h4-5,14H,3,6-13,15H2,1-2H3,(H3,20,21,22);1H. The molecule has 0 radical (unpaired) electrons. The second-order valence-corrected chi connectivity index (χ2v) is 6.39. The van der Waals surface area contributed by atoms with Crippen LogP contribution in [0.15, 0.2) is 23.2 Å². The first kappa shape index (κ1) is 23.9. The molecule has 2 rings (SSSR count). The summed E-state index contributed by atoms with van der Waals surface area (Å²) in [7, 11) is 1.66. The molecule has 154 valence electrons. The molecule has 1 aliphatic rings. The number of halogens is 1. The van der Waals surface area contributed by atoms with Gasteiger partial charge in [-0.05, 0) is 31.5 Å². The number of benzene rings is 1. The molecule has 8 heteroatoms. The number of aryl methyl sites for hydroxylation is 1. The van der Waals surface area contributed by atoms with Gasteiger partial charge in [0.2, 0.25) is 0 Å². The molecule has 0 atom stereocenters. The number of rotatable bonds is 10. The monoisotopic (exact) mass is 492 g/mol. The van der Waals surface area contributed by atoms with Crippen LogP contribution >= 0.6 is 24.0 Å². The zero-order valence-electron chi connectivity index (χ0n) is 16.4. The van der Waals surface area contributed by atoms with Crippen molar-refractivity contribution in [2.75, 3.05) is 59.7 Å². The van der Waals surface area contributed by atoms with E-state index in [0.717, 1.165) is 62.7 Å². The van der Waals surface area contributed by atoms with E-state index in [1.165, 1.54) is 0 Å². The molecule has 1 saturated heterocycles. The van der Waals surface area contributed by atoms with E-state index < -0.39 is 0 Å². The van der Waals surface area contributed by atoms with Gasteiger partial charge >= 0.3 is 0 Å². The molecule has 1 fully saturated rings. The van der Waals surface area contributed by atoms with Gasteiger partial charge in [0, 0.05) is 32.3 Å². The van der Waals surface area contributed by atoms with Gasteiger partial charge in [-0.2, -0.15) is 0 Å². The lowest BCUT2D eigenvalue weighted by Crippen LogP contribution is -2.39. The largest absolute Gasteiger partial charge is 0.491 e. The Bertz CT molecular complexity index is 566. The summed E-state index contributed by atoms with van der Waals surface area (Å²) >= 11 is 0. The molecule has 1 aromatic carbocycles. The quantitative estimate of drug-likeness (QED) is 0.224. The highest BCUT2D eigenvalue weighted by molar-refractivity contribution is 14.0. The van der Waals surface area contributed by atoms with Crippen molar-refractivity contribution in [2.24, 2.45) is 10.7 Å². The maximum atomic E-state index is 5.99. The maximum Gasteiger partial charge on any atom is 0.188 e. The second kappa shape index (κ2) is 14.0. The number of hydrogen-bond donors (Lipinski definition) is 2. The van der Waals surface area contributed by atoms with Gasteiger partial charge in [-0.3, -0.25) is 4.90 Å². The van der Waals surface area contributed by atoms with E-state index in [4.69, 9.17) is 19.9 Å². The van der Waals surface area contributed by atoms with Crippen molar-refractivity contribution in [2.45, 2.75) is 19.9 Å². The van der Waals surface area contributed by atoms with Crippen molar-refractivity contribution < 1.29 is 14.2 Å². The third-order valence-electron chi connectivity index (χ3n) is 4.25.